The number of aliphatic hydroxyl groups is 1. The molecule has 92 valence electrons. The minimum Gasteiger partial charge on any atom is -0.395 e. The molecular formula is C13H29NO. The molecule has 2 atom stereocenters. The van der Waals surface area contributed by atoms with Gasteiger partial charge in [0.1, 0.15) is 0 Å². The Labute approximate surface area is 95.5 Å². The number of rotatable bonds is 10. The quantitative estimate of drug-likeness (QED) is 0.549. The molecule has 15 heavy (non-hydrogen) atoms. The van der Waals surface area contributed by atoms with Gasteiger partial charge in [-0.3, -0.25) is 0 Å². The van der Waals surface area contributed by atoms with Crippen LogP contribution < -0.4 is 5.32 Å². The summed E-state index contributed by atoms with van der Waals surface area (Å²) in [4.78, 5) is 0. The van der Waals surface area contributed by atoms with Crippen LogP contribution in [0.1, 0.15) is 65.7 Å². The fraction of sp³-hybridized carbons (Fsp3) is 1.00. The van der Waals surface area contributed by atoms with Gasteiger partial charge in [0.2, 0.25) is 0 Å². The van der Waals surface area contributed by atoms with Crippen LogP contribution in [0.3, 0.4) is 0 Å². The average molecular weight is 215 g/mol. The molecule has 0 rings (SSSR count). The molecule has 0 radical (unpaired) electrons. The molecule has 2 heteroatoms. The summed E-state index contributed by atoms with van der Waals surface area (Å²) in [6, 6.07) is 0.833. The molecule has 0 heterocycles. The van der Waals surface area contributed by atoms with Crippen LogP contribution in [0.15, 0.2) is 0 Å². The average Bonchev–Trinajstić information content (AvgIpc) is 2.25. The fourth-order valence-electron chi connectivity index (χ4n) is 1.84. The first-order valence-electron chi connectivity index (χ1n) is 6.61. The SMILES string of the molecule is CCCCCCC[C@H](C)N[C@@H](CC)CO. The molecule has 0 aromatic rings. The second kappa shape index (κ2) is 10.4. The molecule has 0 aliphatic heterocycles. The normalized spacial score (nSPS) is 15.2. The van der Waals surface area contributed by atoms with Crippen LogP contribution in [-0.4, -0.2) is 23.8 Å². The fourth-order valence-corrected chi connectivity index (χ4v) is 1.84. The van der Waals surface area contributed by atoms with Crippen molar-refractivity contribution in [2.75, 3.05) is 6.61 Å². The molecule has 0 spiro atoms. The topological polar surface area (TPSA) is 32.3 Å². The van der Waals surface area contributed by atoms with Crippen molar-refractivity contribution in [3.63, 3.8) is 0 Å². The molecule has 0 aliphatic rings. The van der Waals surface area contributed by atoms with E-state index < -0.39 is 0 Å². The van der Waals surface area contributed by atoms with E-state index in [-0.39, 0.29) is 12.6 Å². The standard InChI is InChI=1S/C13H29NO/c1-4-6-7-8-9-10-12(3)14-13(5-2)11-15/h12-15H,4-11H2,1-3H3/t12-,13-/m0/s1. The van der Waals surface area contributed by atoms with Gasteiger partial charge in [0, 0.05) is 12.1 Å². The smallest absolute Gasteiger partial charge is 0.0584 e. The summed E-state index contributed by atoms with van der Waals surface area (Å²) in [5, 5.41) is 12.5. The van der Waals surface area contributed by atoms with Crippen LogP contribution >= 0.6 is 0 Å². The molecule has 0 aromatic carbocycles. The monoisotopic (exact) mass is 215 g/mol. The zero-order valence-corrected chi connectivity index (χ0v) is 10.8. The number of aliphatic hydroxyl groups excluding tert-OH is 1. The third-order valence-electron chi connectivity index (χ3n) is 2.97. The first-order valence-corrected chi connectivity index (χ1v) is 6.61. The van der Waals surface area contributed by atoms with Gasteiger partial charge in [-0.15, -0.1) is 0 Å². The predicted molar refractivity (Wildman–Crippen MR) is 67.1 cm³/mol. The maximum absolute atomic E-state index is 9.05. The predicted octanol–water partition coefficient (Wildman–Crippen LogP) is 3.10. The molecule has 0 amide bonds. The van der Waals surface area contributed by atoms with Gasteiger partial charge in [0.15, 0.2) is 0 Å². The van der Waals surface area contributed by atoms with Crippen molar-refractivity contribution in [3.05, 3.63) is 0 Å². The summed E-state index contributed by atoms with van der Waals surface area (Å²) in [5.41, 5.74) is 0. The lowest BCUT2D eigenvalue weighted by molar-refractivity contribution is 0.227. The molecule has 2 nitrogen and oxygen atoms in total. The highest BCUT2D eigenvalue weighted by Gasteiger charge is 2.08. The minimum absolute atomic E-state index is 0.261. The van der Waals surface area contributed by atoms with Crippen LogP contribution in [0.4, 0.5) is 0 Å². The summed E-state index contributed by atoms with van der Waals surface area (Å²) >= 11 is 0. The van der Waals surface area contributed by atoms with E-state index in [1.807, 2.05) is 0 Å². The molecular weight excluding hydrogens is 186 g/mol. The number of nitrogens with one attached hydrogen (secondary N) is 1. The third kappa shape index (κ3) is 8.88. The van der Waals surface area contributed by atoms with Gasteiger partial charge in [0.25, 0.3) is 0 Å². The highest BCUT2D eigenvalue weighted by molar-refractivity contribution is 4.69. The molecule has 0 unspecified atom stereocenters. The first-order chi connectivity index (χ1) is 7.24. The lowest BCUT2D eigenvalue weighted by atomic mass is 10.1. The van der Waals surface area contributed by atoms with Gasteiger partial charge in [-0.05, 0) is 19.8 Å². The highest BCUT2D eigenvalue weighted by atomic mass is 16.3. The van der Waals surface area contributed by atoms with Crippen LogP contribution in [0.5, 0.6) is 0 Å². The summed E-state index contributed by atoms with van der Waals surface area (Å²) < 4.78 is 0. The molecule has 0 bridgehead atoms. The van der Waals surface area contributed by atoms with Crippen molar-refractivity contribution in [1.82, 2.24) is 5.32 Å². The molecule has 0 aliphatic carbocycles. The van der Waals surface area contributed by atoms with E-state index >= 15 is 0 Å². The molecule has 0 saturated carbocycles. The number of unbranched alkanes of at least 4 members (excludes halogenated alkanes) is 4. The largest absolute Gasteiger partial charge is 0.395 e. The van der Waals surface area contributed by atoms with E-state index in [1.54, 1.807) is 0 Å². The Balaban J connectivity index is 3.35. The van der Waals surface area contributed by atoms with Crippen molar-refractivity contribution >= 4 is 0 Å². The molecule has 2 N–H and O–H groups in total. The van der Waals surface area contributed by atoms with E-state index in [0.29, 0.717) is 6.04 Å². The van der Waals surface area contributed by atoms with E-state index in [0.717, 1.165) is 6.42 Å². The van der Waals surface area contributed by atoms with Crippen molar-refractivity contribution in [2.45, 2.75) is 77.8 Å². The zero-order chi connectivity index (χ0) is 11.5. The maximum Gasteiger partial charge on any atom is 0.0584 e. The molecule has 0 fully saturated rings. The van der Waals surface area contributed by atoms with E-state index in [2.05, 4.69) is 26.1 Å². The third-order valence-corrected chi connectivity index (χ3v) is 2.97. The van der Waals surface area contributed by atoms with Gasteiger partial charge >= 0.3 is 0 Å². The van der Waals surface area contributed by atoms with E-state index in [9.17, 15) is 0 Å². The zero-order valence-electron chi connectivity index (χ0n) is 10.8. The van der Waals surface area contributed by atoms with E-state index in [1.165, 1.54) is 38.5 Å². The van der Waals surface area contributed by atoms with Gasteiger partial charge in [-0.2, -0.15) is 0 Å². The number of hydrogen-bond donors (Lipinski definition) is 2. The summed E-state index contributed by atoms with van der Waals surface area (Å²) in [7, 11) is 0. The van der Waals surface area contributed by atoms with Crippen LogP contribution in [0, 0.1) is 0 Å². The Morgan fingerprint density at radius 3 is 2.27 bits per heavy atom. The van der Waals surface area contributed by atoms with Gasteiger partial charge in [-0.25, -0.2) is 0 Å². The number of hydrogen-bond acceptors (Lipinski definition) is 2. The summed E-state index contributed by atoms with van der Waals surface area (Å²) in [6.45, 7) is 6.84. The molecule has 0 saturated heterocycles. The lowest BCUT2D eigenvalue weighted by Gasteiger charge is -2.20. The van der Waals surface area contributed by atoms with Crippen LogP contribution in [0.25, 0.3) is 0 Å². The Bertz CT molecular complexity index is 124. The Morgan fingerprint density at radius 2 is 1.73 bits per heavy atom. The lowest BCUT2D eigenvalue weighted by Crippen LogP contribution is -2.38. The van der Waals surface area contributed by atoms with Gasteiger partial charge < -0.3 is 10.4 Å². The van der Waals surface area contributed by atoms with E-state index in [4.69, 9.17) is 5.11 Å². The molecule has 0 aromatic heterocycles. The van der Waals surface area contributed by atoms with Crippen LogP contribution in [-0.2, 0) is 0 Å². The first kappa shape index (κ1) is 14.9. The maximum atomic E-state index is 9.05. The highest BCUT2D eigenvalue weighted by Crippen LogP contribution is 2.07. The Hall–Kier alpha value is -0.0800. The van der Waals surface area contributed by atoms with Crippen LogP contribution in [0.2, 0.25) is 0 Å². The minimum atomic E-state index is 0.261. The van der Waals surface area contributed by atoms with Gasteiger partial charge in [-0.1, -0.05) is 46.0 Å². The summed E-state index contributed by atoms with van der Waals surface area (Å²) in [6.07, 6.45) is 8.98. The Kier molecular flexibility index (Phi) is 10.4. The van der Waals surface area contributed by atoms with Gasteiger partial charge in [0.05, 0.1) is 6.61 Å². The summed E-state index contributed by atoms with van der Waals surface area (Å²) in [5.74, 6) is 0. The van der Waals surface area contributed by atoms with Crippen molar-refractivity contribution < 1.29 is 5.11 Å². The second-order valence-electron chi connectivity index (χ2n) is 4.56. The van der Waals surface area contributed by atoms with Crippen molar-refractivity contribution in [1.29, 1.82) is 0 Å². The van der Waals surface area contributed by atoms with Crippen molar-refractivity contribution in [2.24, 2.45) is 0 Å². The Morgan fingerprint density at radius 1 is 1.07 bits per heavy atom. The second-order valence-corrected chi connectivity index (χ2v) is 4.56. The van der Waals surface area contributed by atoms with Crippen molar-refractivity contribution in [3.8, 4) is 0 Å².